The molecule has 0 unspecified atom stereocenters. The molecule has 5 nitrogen and oxygen atoms in total. The van der Waals surface area contributed by atoms with E-state index < -0.39 is 0 Å². The minimum atomic E-state index is -0.0982. The number of amides is 2. The van der Waals surface area contributed by atoms with Crippen LogP contribution >= 0.6 is 11.3 Å². The van der Waals surface area contributed by atoms with E-state index in [1.807, 2.05) is 29.6 Å². The Morgan fingerprint density at radius 2 is 1.96 bits per heavy atom. The lowest BCUT2D eigenvalue weighted by Crippen LogP contribution is -2.23. The molecule has 0 aliphatic heterocycles. The van der Waals surface area contributed by atoms with Crippen LogP contribution in [0.3, 0.4) is 0 Å². The molecule has 0 spiro atoms. The number of nitrogens with one attached hydrogen (secondary N) is 2. The van der Waals surface area contributed by atoms with Gasteiger partial charge in [0, 0.05) is 29.5 Å². The highest BCUT2D eigenvalue weighted by Crippen LogP contribution is 2.27. The first kappa shape index (κ1) is 16.4. The standard InChI is InChI=1S/C18H19N3O2S/c1-12(22)19-15-9-7-13(8-10-15)16-11-24-18(20-16)21-17(23)14-5-3-2-4-6-14/h2-3,7-11,14H,4-6H2,1H3,(H,19,22)(H,20,21,23)/t14-/m0/s1. The van der Waals surface area contributed by atoms with Gasteiger partial charge in [0.1, 0.15) is 0 Å². The molecule has 3 rings (SSSR count). The van der Waals surface area contributed by atoms with Crippen molar-refractivity contribution in [2.75, 3.05) is 10.6 Å². The monoisotopic (exact) mass is 341 g/mol. The van der Waals surface area contributed by atoms with Crippen LogP contribution in [0.25, 0.3) is 11.3 Å². The van der Waals surface area contributed by atoms with Crippen molar-refractivity contribution in [2.24, 2.45) is 5.92 Å². The summed E-state index contributed by atoms with van der Waals surface area (Å²) in [6, 6.07) is 7.47. The SMILES string of the molecule is CC(=O)Nc1ccc(-c2csc(NC(=O)[C@H]3CC=CCC3)n2)cc1. The van der Waals surface area contributed by atoms with Gasteiger partial charge in [-0.3, -0.25) is 9.59 Å². The minimum Gasteiger partial charge on any atom is -0.326 e. The first-order valence-electron chi connectivity index (χ1n) is 7.91. The van der Waals surface area contributed by atoms with Gasteiger partial charge in [-0.15, -0.1) is 11.3 Å². The highest BCUT2D eigenvalue weighted by atomic mass is 32.1. The van der Waals surface area contributed by atoms with E-state index in [1.165, 1.54) is 18.3 Å². The molecule has 0 saturated carbocycles. The third-order valence-electron chi connectivity index (χ3n) is 3.88. The van der Waals surface area contributed by atoms with Crippen LogP contribution in [0.5, 0.6) is 0 Å². The molecular formula is C18H19N3O2S. The number of carbonyl (C=O) groups is 2. The molecule has 124 valence electrons. The van der Waals surface area contributed by atoms with Crippen LogP contribution in [0.15, 0.2) is 41.8 Å². The number of thiazole rings is 1. The Hall–Kier alpha value is -2.47. The lowest BCUT2D eigenvalue weighted by molar-refractivity contribution is -0.120. The van der Waals surface area contributed by atoms with Crippen molar-refractivity contribution >= 4 is 34.0 Å². The van der Waals surface area contributed by atoms with Gasteiger partial charge in [0.2, 0.25) is 11.8 Å². The fourth-order valence-corrected chi connectivity index (χ4v) is 3.35. The zero-order chi connectivity index (χ0) is 16.9. The van der Waals surface area contributed by atoms with E-state index in [1.54, 1.807) is 0 Å². The highest BCUT2D eigenvalue weighted by Gasteiger charge is 2.19. The second-order valence-corrected chi connectivity index (χ2v) is 6.63. The second-order valence-electron chi connectivity index (χ2n) is 5.77. The normalized spacial score (nSPS) is 16.6. The van der Waals surface area contributed by atoms with Crippen molar-refractivity contribution in [3.8, 4) is 11.3 Å². The Kier molecular flexibility index (Phi) is 5.05. The highest BCUT2D eigenvalue weighted by molar-refractivity contribution is 7.14. The molecule has 0 saturated heterocycles. The maximum absolute atomic E-state index is 12.2. The van der Waals surface area contributed by atoms with E-state index in [9.17, 15) is 9.59 Å². The van der Waals surface area contributed by atoms with Crippen LogP contribution in [0.2, 0.25) is 0 Å². The lowest BCUT2D eigenvalue weighted by Gasteiger charge is -2.15. The summed E-state index contributed by atoms with van der Waals surface area (Å²) in [5.41, 5.74) is 2.51. The third-order valence-corrected chi connectivity index (χ3v) is 4.63. The number of carbonyl (C=O) groups excluding carboxylic acids is 2. The predicted molar refractivity (Wildman–Crippen MR) is 97.0 cm³/mol. The summed E-state index contributed by atoms with van der Waals surface area (Å²) in [6.45, 7) is 1.48. The van der Waals surface area contributed by atoms with Crippen molar-refractivity contribution in [1.82, 2.24) is 4.98 Å². The number of hydrogen-bond donors (Lipinski definition) is 2. The number of benzene rings is 1. The molecule has 1 aliphatic rings. The molecule has 1 heterocycles. The Morgan fingerprint density at radius 1 is 1.17 bits per heavy atom. The molecular weight excluding hydrogens is 322 g/mol. The maximum atomic E-state index is 12.2. The van der Waals surface area contributed by atoms with Crippen molar-refractivity contribution in [1.29, 1.82) is 0 Å². The van der Waals surface area contributed by atoms with Gasteiger partial charge in [-0.1, -0.05) is 24.3 Å². The summed E-state index contributed by atoms with van der Waals surface area (Å²) in [6.07, 6.45) is 6.84. The summed E-state index contributed by atoms with van der Waals surface area (Å²) in [7, 11) is 0. The van der Waals surface area contributed by atoms with Gasteiger partial charge in [0.05, 0.1) is 5.69 Å². The molecule has 1 atom stereocenters. The van der Waals surface area contributed by atoms with Crippen molar-refractivity contribution in [3.63, 3.8) is 0 Å². The largest absolute Gasteiger partial charge is 0.326 e. The van der Waals surface area contributed by atoms with E-state index in [2.05, 4.69) is 27.8 Å². The number of rotatable bonds is 4. The number of hydrogen-bond acceptors (Lipinski definition) is 4. The molecule has 1 aromatic heterocycles. The van der Waals surface area contributed by atoms with Gasteiger partial charge in [0.15, 0.2) is 5.13 Å². The Bertz CT molecular complexity index is 765. The predicted octanol–water partition coefficient (Wildman–Crippen LogP) is 4.06. The van der Waals surface area contributed by atoms with E-state index in [-0.39, 0.29) is 17.7 Å². The zero-order valence-corrected chi connectivity index (χ0v) is 14.2. The first-order chi connectivity index (χ1) is 11.6. The fourth-order valence-electron chi connectivity index (χ4n) is 2.63. The summed E-state index contributed by atoms with van der Waals surface area (Å²) in [5, 5.41) is 8.19. The van der Waals surface area contributed by atoms with Crippen molar-refractivity contribution in [2.45, 2.75) is 26.2 Å². The summed E-state index contributed by atoms with van der Waals surface area (Å²) in [4.78, 5) is 27.8. The maximum Gasteiger partial charge on any atom is 0.229 e. The second kappa shape index (κ2) is 7.40. The van der Waals surface area contributed by atoms with Gasteiger partial charge >= 0.3 is 0 Å². The lowest BCUT2D eigenvalue weighted by atomic mass is 9.94. The molecule has 2 amide bonds. The Labute approximate surface area is 144 Å². The van der Waals surface area contributed by atoms with Gasteiger partial charge in [0.25, 0.3) is 0 Å². The molecule has 1 aromatic carbocycles. The molecule has 1 aliphatic carbocycles. The zero-order valence-electron chi connectivity index (χ0n) is 13.4. The number of aromatic nitrogens is 1. The average Bonchev–Trinajstić information content (AvgIpc) is 3.04. The van der Waals surface area contributed by atoms with Crippen LogP contribution in [0.1, 0.15) is 26.2 Å². The van der Waals surface area contributed by atoms with E-state index in [0.717, 1.165) is 36.2 Å². The topological polar surface area (TPSA) is 71.1 Å². The minimum absolute atomic E-state index is 0.0410. The van der Waals surface area contributed by atoms with Gasteiger partial charge in [-0.25, -0.2) is 4.98 Å². The summed E-state index contributed by atoms with van der Waals surface area (Å²) in [5.74, 6) is -0.0143. The molecule has 2 N–H and O–H groups in total. The molecule has 0 bridgehead atoms. The number of anilines is 2. The molecule has 0 fully saturated rings. The summed E-state index contributed by atoms with van der Waals surface area (Å²) < 4.78 is 0. The molecule has 0 radical (unpaired) electrons. The van der Waals surface area contributed by atoms with Crippen LogP contribution in [0.4, 0.5) is 10.8 Å². The van der Waals surface area contributed by atoms with E-state index in [4.69, 9.17) is 0 Å². The summed E-state index contributed by atoms with van der Waals surface area (Å²) >= 11 is 1.42. The fraction of sp³-hybridized carbons (Fsp3) is 0.278. The average molecular weight is 341 g/mol. The molecule has 24 heavy (non-hydrogen) atoms. The van der Waals surface area contributed by atoms with Crippen molar-refractivity contribution in [3.05, 3.63) is 41.8 Å². The van der Waals surface area contributed by atoms with Crippen LogP contribution in [0, 0.1) is 5.92 Å². The van der Waals surface area contributed by atoms with Gasteiger partial charge < -0.3 is 10.6 Å². The van der Waals surface area contributed by atoms with Crippen LogP contribution in [-0.2, 0) is 9.59 Å². The van der Waals surface area contributed by atoms with Crippen LogP contribution < -0.4 is 10.6 Å². The number of nitrogens with zero attached hydrogens (tertiary/aromatic N) is 1. The third kappa shape index (κ3) is 4.08. The van der Waals surface area contributed by atoms with Crippen LogP contribution in [-0.4, -0.2) is 16.8 Å². The van der Waals surface area contributed by atoms with Gasteiger partial charge in [-0.2, -0.15) is 0 Å². The van der Waals surface area contributed by atoms with Gasteiger partial charge in [-0.05, 0) is 31.4 Å². The quantitative estimate of drug-likeness (QED) is 0.824. The smallest absolute Gasteiger partial charge is 0.229 e. The van der Waals surface area contributed by atoms with Crippen molar-refractivity contribution < 1.29 is 9.59 Å². The first-order valence-corrected chi connectivity index (χ1v) is 8.79. The Morgan fingerprint density at radius 3 is 2.62 bits per heavy atom. The molecule has 2 aromatic rings. The molecule has 6 heteroatoms. The Balaban J connectivity index is 1.65. The number of allylic oxidation sites excluding steroid dienone is 2. The van der Waals surface area contributed by atoms with E-state index in [0.29, 0.717) is 5.13 Å². The van der Waals surface area contributed by atoms with E-state index >= 15 is 0 Å².